The fourth-order valence-corrected chi connectivity index (χ4v) is 1.79. The number of esters is 1. The van der Waals surface area contributed by atoms with Crippen molar-refractivity contribution in [3.05, 3.63) is 41.2 Å². The van der Waals surface area contributed by atoms with Crippen molar-refractivity contribution in [3.63, 3.8) is 0 Å². The van der Waals surface area contributed by atoms with Crippen molar-refractivity contribution < 1.29 is 14.6 Å². The number of aromatic nitrogens is 2. The number of hydrogen-bond acceptors (Lipinski definition) is 4. The number of carbonyl (C=O) groups excluding carboxylic acids is 1. The van der Waals surface area contributed by atoms with Crippen LogP contribution in [0, 0.1) is 13.8 Å². The zero-order chi connectivity index (χ0) is 13.3. The summed E-state index contributed by atoms with van der Waals surface area (Å²) >= 11 is 0. The molecule has 5 nitrogen and oxygen atoms in total. The van der Waals surface area contributed by atoms with E-state index in [-0.39, 0.29) is 11.4 Å². The SMILES string of the molecule is COC(=O)c1nn(-c2ccc(C)cc2C)cc1O. The van der Waals surface area contributed by atoms with Crippen molar-refractivity contribution in [2.24, 2.45) is 0 Å². The van der Waals surface area contributed by atoms with Gasteiger partial charge in [0.1, 0.15) is 0 Å². The van der Waals surface area contributed by atoms with Gasteiger partial charge in [-0.1, -0.05) is 17.7 Å². The molecule has 0 atom stereocenters. The molecule has 1 aromatic carbocycles. The van der Waals surface area contributed by atoms with Crippen LogP contribution in [0.1, 0.15) is 21.6 Å². The minimum Gasteiger partial charge on any atom is -0.504 e. The molecule has 0 fully saturated rings. The van der Waals surface area contributed by atoms with E-state index in [0.717, 1.165) is 16.8 Å². The Morgan fingerprint density at radius 1 is 1.39 bits per heavy atom. The predicted octanol–water partition coefficient (Wildman–Crippen LogP) is 1.98. The zero-order valence-electron chi connectivity index (χ0n) is 10.5. The summed E-state index contributed by atoms with van der Waals surface area (Å²) in [5.41, 5.74) is 2.87. The van der Waals surface area contributed by atoms with Gasteiger partial charge in [-0.25, -0.2) is 9.48 Å². The Hall–Kier alpha value is -2.30. The molecule has 0 saturated heterocycles. The van der Waals surface area contributed by atoms with Crippen LogP contribution in [0.4, 0.5) is 0 Å². The Bertz CT molecular complexity index is 602. The Morgan fingerprint density at radius 2 is 2.11 bits per heavy atom. The van der Waals surface area contributed by atoms with Crippen molar-refractivity contribution in [2.75, 3.05) is 7.11 Å². The molecular weight excluding hydrogens is 232 g/mol. The number of aryl methyl sites for hydroxylation is 2. The van der Waals surface area contributed by atoms with E-state index in [0.29, 0.717) is 0 Å². The van der Waals surface area contributed by atoms with Gasteiger partial charge in [-0.3, -0.25) is 0 Å². The van der Waals surface area contributed by atoms with Gasteiger partial charge < -0.3 is 9.84 Å². The van der Waals surface area contributed by atoms with E-state index in [1.54, 1.807) is 0 Å². The van der Waals surface area contributed by atoms with Gasteiger partial charge in [0.25, 0.3) is 0 Å². The van der Waals surface area contributed by atoms with E-state index >= 15 is 0 Å². The summed E-state index contributed by atoms with van der Waals surface area (Å²) in [4.78, 5) is 11.4. The van der Waals surface area contributed by atoms with Crippen molar-refractivity contribution in [2.45, 2.75) is 13.8 Å². The topological polar surface area (TPSA) is 64.3 Å². The van der Waals surface area contributed by atoms with Gasteiger partial charge in [0.05, 0.1) is 19.0 Å². The number of benzene rings is 1. The first kappa shape index (κ1) is 12.2. The quantitative estimate of drug-likeness (QED) is 0.823. The van der Waals surface area contributed by atoms with Gasteiger partial charge in [-0.05, 0) is 25.5 Å². The van der Waals surface area contributed by atoms with Crippen LogP contribution in [0.25, 0.3) is 5.69 Å². The molecule has 1 N–H and O–H groups in total. The van der Waals surface area contributed by atoms with Gasteiger partial charge in [0.2, 0.25) is 5.69 Å². The summed E-state index contributed by atoms with van der Waals surface area (Å²) in [5, 5.41) is 13.7. The smallest absolute Gasteiger partial charge is 0.362 e. The van der Waals surface area contributed by atoms with Crippen molar-refractivity contribution in [1.29, 1.82) is 0 Å². The number of rotatable bonds is 2. The van der Waals surface area contributed by atoms with Gasteiger partial charge in [-0.15, -0.1) is 0 Å². The minimum atomic E-state index is -0.656. The van der Waals surface area contributed by atoms with Gasteiger partial charge in [0.15, 0.2) is 5.75 Å². The van der Waals surface area contributed by atoms with E-state index in [9.17, 15) is 9.90 Å². The Morgan fingerprint density at radius 3 is 2.72 bits per heavy atom. The maximum absolute atomic E-state index is 11.4. The van der Waals surface area contributed by atoms with Crippen LogP contribution < -0.4 is 0 Å². The van der Waals surface area contributed by atoms with Crippen LogP contribution in [-0.4, -0.2) is 28.0 Å². The highest BCUT2D eigenvalue weighted by Gasteiger charge is 2.17. The number of carbonyl (C=O) groups is 1. The Labute approximate surface area is 105 Å². The summed E-state index contributed by atoms with van der Waals surface area (Å²) in [6.45, 7) is 3.94. The third-order valence-corrected chi connectivity index (χ3v) is 2.67. The molecule has 0 saturated carbocycles. The molecule has 1 aromatic heterocycles. The second kappa shape index (κ2) is 4.52. The Balaban J connectivity index is 2.49. The summed E-state index contributed by atoms with van der Waals surface area (Å²) < 4.78 is 6.01. The third-order valence-electron chi connectivity index (χ3n) is 2.67. The second-order valence-electron chi connectivity index (χ2n) is 4.09. The van der Waals surface area contributed by atoms with Crippen LogP contribution >= 0.6 is 0 Å². The maximum Gasteiger partial charge on any atom is 0.362 e. The summed E-state index contributed by atoms with van der Waals surface area (Å²) in [6.07, 6.45) is 1.39. The molecule has 94 valence electrons. The zero-order valence-corrected chi connectivity index (χ0v) is 10.5. The van der Waals surface area contributed by atoms with Crippen LogP contribution in [0.2, 0.25) is 0 Å². The van der Waals surface area contributed by atoms with E-state index in [2.05, 4.69) is 9.84 Å². The first-order valence-electron chi connectivity index (χ1n) is 5.47. The lowest BCUT2D eigenvalue weighted by atomic mass is 10.1. The van der Waals surface area contributed by atoms with E-state index < -0.39 is 5.97 Å². The summed E-state index contributed by atoms with van der Waals surface area (Å²) in [7, 11) is 1.25. The standard InChI is InChI=1S/C13H14N2O3/c1-8-4-5-10(9(2)6-8)15-7-11(16)12(14-15)13(17)18-3/h4-7,16H,1-3H3. The molecule has 0 aliphatic rings. The molecule has 0 aliphatic carbocycles. The van der Waals surface area contributed by atoms with Crippen LogP contribution in [0.15, 0.2) is 24.4 Å². The molecular formula is C13H14N2O3. The molecule has 18 heavy (non-hydrogen) atoms. The molecule has 0 amide bonds. The van der Waals surface area contributed by atoms with Crippen molar-refractivity contribution in [3.8, 4) is 11.4 Å². The number of aromatic hydroxyl groups is 1. The molecule has 0 bridgehead atoms. The van der Waals surface area contributed by atoms with Gasteiger partial charge in [0, 0.05) is 0 Å². The van der Waals surface area contributed by atoms with E-state index in [1.165, 1.54) is 18.0 Å². The number of hydrogen-bond donors (Lipinski definition) is 1. The maximum atomic E-state index is 11.4. The monoisotopic (exact) mass is 246 g/mol. The molecule has 1 heterocycles. The van der Waals surface area contributed by atoms with E-state index in [4.69, 9.17) is 0 Å². The molecule has 2 aromatic rings. The molecule has 0 aliphatic heterocycles. The first-order chi connectivity index (χ1) is 8.52. The number of ether oxygens (including phenoxy) is 1. The predicted molar refractivity (Wildman–Crippen MR) is 66.0 cm³/mol. The van der Waals surface area contributed by atoms with Gasteiger partial charge in [-0.2, -0.15) is 5.10 Å². The average Bonchev–Trinajstić information content (AvgIpc) is 2.70. The largest absolute Gasteiger partial charge is 0.504 e. The van der Waals surface area contributed by atoms with Crippen molar-refractivity contribution >= 4 is 5.97 Å². The van der Waals surface area contributed by atoms with Gasteiger partial charge >= 0.3 is 5.97 Å². The molecule has 0 spiro atoms. The molecule has 5 heteroatoms. The number of methoxy groups -OCH3 is 1. The second-order valence-corrected chi connectivity index (χ2v) is 4.09. The minimum absolute atomic E-state index is 0.0857. The highest BCUT2D eigenvalue weighted by atomic mass is 16.5. The van der Waals surface area contributed by atoms with Crippen LogP contribution in [0.5, 0.6) is 5.75 Å². The lowest BCUT2D eigenvalue weighted by molar-refractivity contribution is 0.0590. The Kier molecular flexibility index (Phi) is 3.06. The van der Waals surface area contributed by atoms with E-state index in [1.807, 2.05) is 32.0 Å². The molecule has 0 radical (unpaired) electrons. The number of nitrogens with zero attached hydrogens (tertiary/aromatic N) is 2. The fraction of sp³-hybridized carbons (Fsp3) is 0.231. The summed E-state index contributed by atoms with van der Waals surface area (Å²) in [6, 6.07) is 5.84. The lowest BCUT2D eigenvalue weighted by Crippen LogP contribution is -2.05. The van der Waals surface area contributed by atoms with Crippen LogP contribution in [0.3, 0.4) is 0 Å². The molecule has 2 rings (SSSR count). The summed E-state index contributed by atoms with van der Waals surface area (Å²) in [5.74, 6) is -0.849. The normalized spacial score (nSPS) is 10.4. The fourth-order valence-electron chi connectivity index (χ4n) is 1.79. The highest BCUT2D eigenvalue weighted by Crippen LogP contribution is 2.21. The third kappa shape index (κ3) is 2.07. The van der Waals surface area contributed by atoms with Crippen molar-refractivity contribution in [1.82, 2.24) is 9.78 Å². The average molecular weight is 246 g/mol. The molecule has 0 unspecified atom stereocenters. The lowest BCUT2D eigenvalue weighted by Gasteiger charge is -2.06. The first-order valence-corrected chi connectivity index (χ1v) is 5.47. The highest BCUT2D eigenvalue weighted by molar-refractivity contribution is 5.90. The van der Waals surface area contributed by atoms with Crippen LogP contribution in [-0.2, 0) is 4.74 Å².